The van der Waals surface area contributed by atoms with E-state index in [2.05, 4.69) is 15.3 Å². The van der Waals surface area contributed by atoms with E-state index in [1.807, 2.05) is 12.1 Å². The molecule has 0 bridgehead atoms. The van der Waals surface area contributed by atoms with Gasteiger partial charge in [0.25, 0.3) is 10.0 Å². The minimum Gasteiger partial charge on any atom is -0.301 e. The van der Waals surface area contributed by atoms with Crippen LogP contribution in [0, 0.1) is 0 Å². The molecular formula is C15H13ClN4O3S3. The summed E-state index contributed by atoms with van der Waals surface area (Å²) in [6.45, 7) is -0.337. The number of carbonyl (C=O) groups excluding carboxylic acids is 1. The van der Waals surface area contributed by atoms with E-state index >= 15 is 0 Å². The van der Waals surface area contributed by atoms with Crippen LogP contribution in [-0.4, -0.2) is 42.2 Å². The first-order chi connectivity index (χ1) is 12.4. The SMILES string of the molecule is CN(CC(=O)Nc1nc(-c2ccccn2)cs1)S(=O)(=O)c1ccc(Cl)s1. The number of carbonyl (C=O) groups is 1. The van der Waals surface area contributed by atoms with Gasteiger partial charge in [0.2, 0.25) is 5.91 Å². The summed E-state index contributed by atoms with van der Waals surface area (Å²) >= 11 is 7.96. The highest BCUT2D eigenvalue weighted by molar-refractivity contribution is 7.91. The number of likely N-dealkylation sites (N-methyl/N-ethyl adjacent to an activating group) is 1. The van der Waals surface area contributed by atoms with Gasteiger partial charge in [0.15, 0.2) is 5.13 Å². The largest absolute Gasteiger partial charge is 0.301 e. The Bertz CT molecular complexity index is 1020. The van der Waals surface area contributed by atoms with Crippen LogP contribution in [0.25, 0.3) is 11.4 Å². The van der Waals surface area contributed by atoms with Crippen LogP contribution in [0.3, 0.4) is 0 Å². The predicted octanol–water partition coefficient (Wildman–Crippen LogP) is 3.18. The summed E-state index contributed by atoms with van der Waals surface area (Å²) in [4.78, 5) is 20.6. The Morgan fingerprint density at radius 3 is 2.73 bits per heavy atom. The number of thiazole rings is 1. The molecule has 0 fully saturated rings. The molecule has 0 aliphatic carbocycles. The highest BCUT2D eigenvalue weighted by Gasteiger charge is 2.25. The Kier molecular flexibility index (Phi) is 5.68. The molecule has 1 amide bonds. The number of pyridine rings is 1. The summed E-state index contributed by atoms with van der Waals surface area (Å²) in [7, 11) is -2.43. The van der Waals surface area contributed by atoms with E-state index in [4.69, 9.17) is 11.6 Å². The van der Waals surface area contributed by atoms with Crippen molar-refractivity contribution in [3.8, 4) is 11.4 Å². The zero-order chi connectivity index (χ0) is 18.7. The zero-order valence-corrected chi connectivity index (χ0v) is 16.6. The van der Waals surface area contributed by atoms with Gasteiger partial charge >= 0.3 is 0 Å². The molecule has 3 aromatic heterocycles. The van der Waals surface area contributed by atoms with Crippen molar-refractivity contribution in [1.29, 1.82) is 0 Å². The van der Waals surface area contributed by atoms with Crippen molar-refractivity contribution in [2.24, 2.45) is 0 Å². The first kappa shape index (κ1) is 18.9. The third-order valence-electron chi connectivity index (χ3n) is 3.26. The lowest BCUT2D eigenvalue weighted by Gasteiger charge is -2.15. The summed E-state index contributed by atoms with van der Waals surface area (Å²) in [6, 6.07) is 8.37. The van der Waals surface area contributed by atoms with Gasteiger partial charge < -0.3 is 5.32 Å². The molecule has 0 aliphatic heterocycles. The topological polar surface area (TPSA) is 92.3 Å². The molecule has 1 N–H and O–H groups in total. The van der Waals surface area contributed by atoms with Crippen LogP contribution >= 0.6 is 34.3 Å². The van der Waals surface area contributed by atoms with Crippen LogP contribution in [0.5, 0.6) is 0 Å². The molecule has 0 atom stereocenters. The van der Waals surface area contributed by atoms with E-state index in [-0.39, 0.29) is 10.8 Å². The van der Waals surface area contributed by atoms with Crippen molar-refractivity contribution >= 4 is 55.3 Å². The van der Waals surface area contributed by atoms with Crippen LogP contribution in [0.2, 0.25) is 4.34 Å². The van der Waals surface area contributed by atoms with Crippen LogP contribution < -0.4 is 5.32 Å². The van der Waals surface area contributed by atoms with E-state index < -0.39 is 15.9 Å². The smallest absolute Gasteiger partial charge is 0.252 e. The number of aromatic nitrogens is 2. The average Bonchev–Trinajstić information content (AvgIpc) is 3.25. The lowest BCUT2D eigenvalue weighted by Crippen LogP contribution is -2.34. The maximum absolute atomic E-state index is 12.4. The predicted molar refractivity (Wildman–Crippen MR) is 103 cm³/mol. The van der Waals surface area contributed by atoms with Gasteiger partial charge in [0.05, 0.1) is 16.6 Å². The van der Waals surface area contributed by atoms with Gasteiger partial charge in [0, 0.05) is 18.6 Å². The molecule has 26 heavy (non-hydrogen) atoms. The Morgan fingerprint density at radius 2 is 2.08 bits per heavy atom. The maximum Gasteiger partial charge on any atom is 0.252 e. The third-order valence-corrected chi connectivity index (χ3v) is 7.52. The number of amides is 1. The molecule has 0 radical (unpaired) electrons. The molecule has 7 nitrogen and oxygen atoms in total. The van der Waals surface area contributed by atoms with E-state index in [1.54, 1.807) is 17.6 Å². The highest BCUT2D eigenvalue weighted by Crippen LogP contribution is 2.27. The second-order valence-corrected chi connectivity index (χ2v) is 9.97. The molecule has 3 rings (SSSR count). The van der Waals surface area contributed by atoms with Gasteiger partial charge in [-0.25, -0.2) is 13.4 Å². The fourth-order valence-electron chi connectivity index (χ4n) is 2.00. The Balaban J connectivity index is 1.65. The van der Waals surface area contributed by atoms with Crippen LogP contribution in [0.1, 0.15) is 0 Å². The molecule has 0 saturated heterocycles. The number of nitrogens with one attached hydrogen (secondary N) is 1. The highest BCUT2D eigenvalue weighted by atomic mass is 35.5. The summed E-state index contributed by atoms with van der Waals surface area (Å²) in [5, 5.41) is 4.75. The van der Waals surface area contributed by atoms with Crippen LogP contribution in [0.15, 0.2) is 46.1 Å². The molecule has 0 saturated carbocycles. The standard InChI is InChI=1S/C15H13ClN4O3S3/c1-20(26(22,23)14-6-5-12(16)25-14)8-13(21)19-15-18-11(9-24-15)10-4-2-3-7-17-10/h2-7,9H,8H2,1H3,(H,18,19,21). The molecule has 3 aromatic rings. The molecule has 0 aromatic carbocycles. The molecular weight excluding hydrogens is 416 g/mol. The second kappa shape index (κ2) is 7.80. The number of hydrogen-bond acceptors (Lipinski definition) is 7. The van der Waals surface area contributed by atoms with Gasteiger partial charge in [-0.05, 0) is 24.3 Å². The molecule has 0 aliphatic rings. The number of nitrogens with zero attached hydrogens (tertiary/aromatic N) is 3. The van der Waals surface area contributed by atoms with Crippen molar-refractivity contribution in [2.45, 2.75) is 4.21 Å². The van der Waals surface area contributed by atoms with Crippen molar-refractivity contribution in [1.82, 2.24) is 14.3 Å². The monoisotopic (exact) mass is 428 g/mol. The minimum absolute atomic E-state index is 0.0875. The number of anilines is 1. The van der Waals surface area contributed by atoms with Gasteiger partial charge in [0.1, 0.15) is 9.90 Å². The maximum atomic E-state index is 12.4. The van der Waals surface area contributed by atoms with Gasteiger partial charge in [-0.3, -0.25) is 9.78 Å². The minimum atomic E-state index is -3.76. The number of halogens is 1. The molecule has 3 heterocycles. The number of rotatable bonds is 6. The number of thiophene rings is 1. The van der Waals surface area contributed by atoms with Crippen molar-refractivity contribution in [2.75, 3.05) is 18.9 Å². The van der Waals surface area contributed by atoms with Crippen molar-refractivity contribution in [3.05, 3.63) is 46.2 Å². The molecule has 11 heteroatoms. The van der Waals surface area contributed by atoms with E-state index in [9.17, 15) is 13.2 Å². The fraction of sp³-hybridized carbons (Fsp3) is 0.133. The van der Waals surface area contributed by atoms with E-state index in [0.717, 1.165) is 15.6 Å². The fourth-order valence-corrected chi connectivity index (χ4v) is 5.54. The second-order valence-electron chi connectivity index (χ2n) is 5.12. The molecule has 0 unspecified atom stereocenters. The summed E-state index contributed by atoms with van der Waals surface area (Å²) in [5.41, 5.74) is 1.33. The Labute approximate surface area is 163 Å². The Morgan fingerprint density at radius 1 is 1.27 bits per heavy atom. The lowest BCUT2D eigenvalue weighted by molar-refractivity contribution is -0.116. The molecule has 0 spiro atoms. The lowest BCUT2D eigenvalue weighted by atomic mass is 10.3. The van der Waals surface area contributed by atoms with Crippen molar-refractivity contribution < 1.29 is 13.2 Å². The summed E-state index contributed by atoms with van der Waals surface area (Å²) in [5.74, 6) is -0.486. The van der Waals surface area contributed by atoms with Crippen LogP contribution in [-0.2, 0) is 14.8 Å². The number of hydrogen-bond donors (Lipinski definition) is 1. The van der Waals surface area contributed by atoms with E-state index in [1.165, 1.54) is 30.5 Å². The third kappa shape index (κ3) is 4.27. The van der Waals surface area contributed by atoms with E-state index in [0.29, 0.717) is 20.9 Å². The van der Waals surface area contributed by atoms with Gasteiger partial charge in [-0.1, -0.05) is 17.7 Å². The quantitative estimate of drug-likeness (QED) is 0.650. The number of sulfonamides is 1. The summed E-state index contributed by atoms with van der Waals surface area (Å²) in [6.07, 6.45) is 1.66. The summed E-state index contributed by atoms with van der Waals surface area (Å²) < 4.78 is 26.2. The van der Waals surface area contributed by atoms with Gasteiger partial charge in [-0.2, -0.15) is 4.31 Å². The normalized spacial score (nSPS) is 11.7. The van der Waals surface area contributed by atoms with Crippen molar-refractivity contribution in [3.63, 3.8) is 0 Å². The van der Waals surface area contributed by atoms with Crippen LogP contribution in [0.4, 0.5) is 5.13 Å². The zero-order valence-electron chi connectivity index (χ0n) is 13.4. The molecule has 136 valence electrons. The van der Waals surface area contributed by atoms with Gasteiger partial charge in [-0.15, -0.1) is 22.7 Å². The average molecular weight is 429 g/mol. The first-order valence-electron chi connectivity index (χ1n) is 7.25. The first-order valence-corrected chi connectivity index (χ1v) is 10.8. The Hall–Kier alpha value is -1.85.